The maximum absolute atomic E-state index is 10.9. The van der Waals surface area contributed by atoms with Crippen LogP contribution in [0, 0.1) is 10.1 Å². The van der Waals surface area contributed by atoms with Gasteiger partial charge < -0.3 is 10.4 Å². The molecule has 0 fully saturated rings. The molecule has 6 nitrogen and oxygen atoms in total. The lowest BCUT2D eigenvalue weighted by Gasteiger charge is -2.08. The number of nitro groups is 1. The molecular formula is C13H15N3O3. The second kappa shape index (κ2) is 6.10. The van der Waals surface area contributed by atoms with Crippen LogP contribution in [0.5, 0.6) is 0 Å². The summed E-state index contributed by atoms with van der Waals surface area (Å²) in [5, 5.41) is 23.6. The van der Waals surface area contributed by atoms with Gasteiger partial charge >= 0.3 is 0 Å². The third-order valence-corrected chi connectivity index (χ3v) is 2.85. The van der Waals surface area contributed by atoms with Crippen molar-refractivity contribution in [2.75, 3.05) is 18.5 Å². The Morgan fingerprint density at radius 2 is 2.16 bits per heavy atom. The number of hydrogen-bond acceptors (Lipinski definition) is 5. The van der Waals surface area contributed by atoms with Crippen LogP contribution in [0.15, 0.2) is 30.5 Å². The summed E-state index contributed by atoms with van der Waals surface area (Å²) >= 11 is 0. The van der Waals surface area contributed by atoms with Crippen LogP contribution in [-0.2, 0) is 0 Å². The van der Waals surface area contributed by atoms with Crippen molar-refractivity contribution in [1.29, 1.82) is 0 Å². The first kappa shape index (κ1) is 13.2. The van der Waals surface area contributed by atoms with Gasteiger partial charge in [0.25, 0.3) is 5.69 Å². The summed E-state index contributed by atoms with van der Waals surface area (Å²) < 4.78 is 0. The van der Waals surface area contributed by atoms with Crippen molar-refractivity contribution in [3.05, 3.63) is 40.6 Å². The summed E-state index contributed by atoms with van der Waals surface area (Å²) in [4.78, 5) is 14.6. The normalized spacial score (nSPS) is 10.6. The molecule has 0 spiro atoms. The summed E-state index contributed by atoms with van der Waals surface area (Å²) in [6, 6.07) is 6.71. The molecule has 0 radical (unpaired) electrons. The molecule has 2 N–H and O–H groups in total. The van der Waals surface area contributed by atoms with E-state index in [-0.39, 0.29) is 12.3 Å². The number of benzene rings is 1. The van der Waals surface area contributed by atoms with E-state index < -0.39 is 4.92 Å². The minimum absolute atomic E-state index is 0.0107. The van der Waals surface area contributed by atoms with Gasteiger partial charge in [-0.15, -0.1) is 0 Å². The van der Waals surface area contributed by atoms with Crippen LogP contribution in [0.4, 0.5) is 11.4 Å². The van der Waals surface area contributed by atoms with Crippen LogP contribution in [-0.4, -0.2) is 28.2 Å². The lowest BCUT2D eigenvalue weighted by molar-refractivity contribution is -0.383. The number of pyridine rings is 1. The highest BCUT2D eigenvalue weighted by atomic mass is 16.6. The molecule has 2 aromatic rings. The third kappa shape index (κ3) is 2.97. The zero-order valence-corrected chi connectivity index (χ0v) is 10.4. The largest absolute Gasteiger partial charge is 0.396 e. The summed E-state index contributed by atoms with van der Waals surface area (Å²) in [5.41, 5.74) is 1.22. The minimum atomic E-state index is -0.426. The molecule has 6 heteroatoms. The van der Waals surface area contributed by atoms with Gasteiger partial charge in [0.1, 0.15) is 5.52 Å². The molecule has 19 heavy (non-hydrogen) atoms. The number of nitrogens with zero attached hydrogens (tertiary/aromatic N) is 2. The van der Waals surface area contributed by atoms with Crippen LogP contribution in [0.2, 0.25) is 0 Å². The lowest BCUT2D eigenvalue weighted by Crippen LogP contribution is -2.03. The summed E-state index contributed by atoms with van der Waals surface area (Å²) in [6.07, 6.45) is 3.13. The molecular weight excluding hydrogens is 246 g/mol. The van der Waals surface area contributed by atoms with Gasteiger partial charge in [-0.3, -0.25) is 10.1 Å². The molecule has 100 valence electrons. The van der Waals surface area contributed by atoms with Crippen molar-refractivity contribution in [2.24, 2.45) is 0 Å². The molecule has 0 saturated carbocycles. The Morgan fingerprint density at radius 3 is 2.89 bits per heavy atom. The van der Waals surface area contributed by atoms with Crippen molar-refractivity contribution >= 4 is 22.3 Å². The fourth-order valence-electron chi connectivity index (χ4n) is 1.92. The average Bonchev–Trinajstić information content (AvgIpc) is 2.43. The van der Waals surface area contributed by atoms with Crippen LogP contribution < -0.4 is 5.32 Å². The van der Waals surface area contributed by atoms with E-state index in [9.17, 15) is 10.1 Å². The van der Waals surface area contributed by atoms with Gasteiger partial charge in [0.2, 0.25) is 0 Å². The molecule has 2 rings (SSSR count). The number of para-hydroxylation sites is 1. The van der Waals surface area contributed by atoms with Gasteiger partial charge in [0.05, 0.1) is 4.92 Å². The van der Waals surface area contributed by atoms with E-state index in [0.717, 1.165) is 23.9 Å². The Kier molecular flexibility index (Phi) is 4.25. The molecule has 0 bridgehead atoms. The van der Waals surface area contributed by atoms with Gasteiger partial charge in [-0.2, -0.15) is 0 Å². The predicted octanol–water partition coefficient (Wildman–Crippen LogP) is 2.33. The van der Waals surface area contributed by atoms with Crippen LogP contribution in [0.1, 0.15) is 12.8 Å². The molecule has 0 amide bonds. The van der Waals surface area contributed by atoms with Crippen molar-refractivity contribution in [1.82, 2.24) is 4.98 Å². The van der Waals surface area contributed by atoms with Crippen LogP contribution >= 0.6 is 0 Å². The average molecular weight is 261 g/mol. The number of aliphatic hydroxyl groups excluding tert-OH is 1. The molecule has 0 aliphatic heterocycles. The van der Waals surface area contributed by atoms with Gasteiger partial charge in [-0.1, -0.05) is 12.1 Å². The third-order valence-electron chi connectivity index (χ3n) is 2.85. The summed E-state index contributed by atoms with van der Waals surface area (Å²) in [5.74, 6) is 0. The van der Waals surface area contributed by atoms with Crippen molar-refractivity contribution < 1.29 is 10.0 Å². The topological polar surface area (TPSA) is 88.3 Å². The number of aliphatic hydroxyl groups is 1. The molecule has 1 aromatic heterocycles. The monoisotopic (exact) mass is 261 g/mol. The molecule has 1 heterocycles. The van der Waals surface area contributed by atoms with Gasteiger partial charge in [-0.05, 0) is 18.9 Å². The van der Waals surface area contributed by atoms with E-state index in [0.29, 0.717) is 12.1 Å². The predicted molar refractivity (Wildman–Crippen MR) is 73.2 cm³/mol. The lowest BCUT2D eigenvalue weighted by atomic mass is 10.1. The zero-order valence-electron chi connectivity index (χ0n) is 10.4. The Labute approximate surface area is 110 Å². The number of anilines is 1. The Morgan fingerprint density at radius 1 is 1.32 bits per heavy atom. The van der Waals surface area contributed by atoms with E-state index >= 15 is 0 Å². The van der Waals surface area contributed by atoms with Crippen molar-refractivity contribution in [3.63, 3.8) is 0 Å². The molecule has 0 aliphatic carbocycles. The number of nitro benzene ring substituents is 1. The van der Waals surface area contributed by atoms with Crippen molar-refractivity contribution in [2.45, 2.75) is 12.8 Å². The van der Waals surface area contributed by atoms with Gasteiger partial charge in [0, 0.05) is 36.5 Å². The van der Waals surface area contributed by atoms with E-state index in [2.05, 4.69) is 10.3 Å². The van der Waals surface area contributed by atoms with E-state index in [4.69, 9.17) is 5.11 Å². The standard InChI is InChI=1S/C13H15N3O3/c17-9-2-1-7-14-11-6-8-15-13-10(11)4-3-5-12(13)16(18)19/h3-6,8,17H,1-2,7,9H2,(H,14,15). The molecule has 1 aromatic carbocycles. The molecule has 0 unspecified atom stereocenters. The highest BCUT2D eigenvalue weighted by molar-refractivity contribution is 5.96. The minimum Gasteiger partial charge on any atom is -0.396 e. The number of rotatable bonds is 6. The van der Waals surface area contributed by atoms with Crippen LogP contribution in [0.25, 0.3) is 10.9 Å². The Bertz CT molecular complexity index is 586. The second-order valence-corrected chi connectivity index (χ2v) is 4.15. The first-order valence-electron chi connectivity index (χ1n) is 6.11. The first-order chi connectivity index (χ1) is 9.24. The fourth-order valence-corrected chi connectivity index (χ4v) is 1.92. The quantitative estimate of drug-likeness (QED) is 0.473. The van der Waals surface area contributed by atoms with E-state index in [1.807, 2.05) is 6.07 Å². The number of hydrogen-bond donors (Lipinski definition) is 2. The molecule has 0 saturated heterocycles. The summed E-state index contributed by atoms with van der Waals surface area (Å²) in [6.45, 7) is 0.882. The number of fused-ring (bicyclic) bond motifs is 1. The SMILES string of the molecule is O=[N+]([O-])c1cccc2c(NCCCCO)ccnc12. The smallest absolute Gasteiger partial charge is 0.295 e. The number of nitrogens with one attached hydrogen (secondary N) is 1. The van der Waals surface area contributed by atoms with Crippen LogP contribution in [0.3, 0.4) is 0 Å². The Balaban J connectivity index is 2.30. The first-order valence-corrected chi connectivity index (χ1v) is 6.11. The molecule has 0 atom stereocenters. The van der Waals surface area contributed by atoms with Gasteiger partial charge in [0.15, 0.2) is 0 Å². The highest BCUT2D eigenvalue weighted by Gasteiger charge is 2.13. The Hall–Kier alpha value is -2.21. The fraction of sp³-hybridized carbons (Fsp3) is 0.308. The summed E-state index contributed by atoms with van der Waals surface area (Å²) in [7, 11) is 0. The number of non-ortho nitro benzene ring substituents is 1. The second-order valence-electron chi connectivity index (χ2n) is 4.15. The maximum atomic E-state index is 10.9. The van der Waals surface area contributed by atoms with E-state index in [1.54, 1.807) is 18.3 Å². The highest BCUT2D eigenvalue weighted by Crippen LogP contribution is 2.28. The van der Waals surface area contributed by atoms with Gasteiger partial charge in [-0.25, -0.2) is 4.98 Å². The van der Waals surface area contributed by atoms with Crippen molar-refractivity contribution in [3.8, 4) is 0 Å². The number of aromatic nitrogens is 1. The number of unbranched alkanes of at least 4 members (excludes halogenated alkanes) is 1. The molecule has 0 aliphatic rings. The maximum Gasteiger partial charge on any atom is 0.295 e. The van der Waals surface area contributed by atoms with E-state index in [1.165, 1.54) is 6.07 Å². The zero-order chi connectivity index (χ0) is 13.7.